The van der Waals surface area contributed by atoms with Crippen molar-refractivity contribution < 1.29 is 0 Å². The van der Waals surface area contributed by atoms with Crippen LogP contribution in [0.3, 0.4) is 0 Å². The van der Waals surface area contributed by atoms with Crippen LogP contribution in [0.1, 0.15) is 0 Å². The Bertz CT molecular complexity index is 7750. The van der Waals surface area contributed by atoms with Gasteiger partial charge in [0.1, 0.15) is 0 Å². The van der Waals surface area contributed by atoms with Crippen LogP contribution in [0.25, 0.3) is 303 Å². The van der Waals surface area contributed by atoms with Gasteiger partial charge in [-0.15, -0.1) is 0 Å². The third-order valence-corrected chi connectivity index (χ3v) is 27.5. The van der Waals surface area contributed by atoms with E-state index >= 15 is 0 Å². The van der Waals surface area contributed by atoms with Crippen LogP contribution in [0.2, 0.25) is 0 Å². The number of hydrogen-bond acceptors (Lipinski definition) is 0. The average molecular weight is 1400 g/mol. The molecular formula is C112H56. The second kappa shape index (κ2) is 20.0. The summed E-state index contributed by atoms with van der Waals surface area (Å²) < 4.78 is 0. The first-order valence-corrected chi connectivity index (χ1v) is 39.5. The molecule has 0 unspecified atom stereocenters. The predicted octanol–water partition coefficient (Wildman–Crippen LogP) is 32.1. The van der Waals surface area contributed by atoms with Crippen molar-refractivity contribution in [3.63, 3.8) is 0 Å². The Balaban J connectivity index is 0.674. The number of rotatable bonds is 0. The van der Waals surface area contributed by atoms with Gasteiger partial charge in [-0.05, 0) is 400 Å². The summed E-state index contributed by atoms with van der Waals surface area (Å²) in [5, 5.41) is 62.0. The summed E-state index contributed by atoms with van der Waals surface area (Å²) in [6.07, 6.45) is 0. The summed E-state index contributed by atoms with van der Waals surface area (Å²) in [4.78, 5) is 0. The minimum Gasteiger partial charge on any atom is -0.0610 e. The van der Waals surface area contributed by atoms with Gasteiger partial charge >= 0.3 is 0 Å². The van der Waals surface area contributed by atoms with E-state index in [-0.39, 0.29) is 0 Å². The van der Waals surface area contributed by atoms with E-state index in [4.69, 9.17) is 0 Å². The van der Waals surface area contributed by atoms with E-state index in [1.807, 2.05) is 0 Å². The van der Waals surface area contributed by atoms with E-state index in [0.29, 0.717) is 0 Å². The first kappa shape index (κ1) is 57.6. The highest BCUT2D eigenvalue weighted by molar-refractivity contribution is 6.44. The summed E-state index contributed by atoms with van der Waals surface area (Å²) in [7, 11) is 0. The highest BCUT2D eigenvalue weighted by Crippen LogP contribution is 2.53. The third kappa shape index (κ3) is 7.13. The fourth-order valence-electron chi connectivity index (χ4n) is 22.6. The normalized spacial score (nSPS) is 13.0. The lowest BCUT2D eigenvalue weighted by molar-refractivity contribution is 1.69. The molecule has 0 N–H and O–H groups in total. The monoisotopic (exact) mass is 1400 g/mol. The van der Waals surface area contributed by atoms with Crippen LogP contribution in [0.4, 0.5) is 0 Å². The van der Waals surface area contributed by atoms with E-state index in [2.05, 4.69) is 340 Å². The van der Waals surface area contributed by atoms with Crippen molar-refractivity contribution in [2.24, 2.45) is 0 Å². The topological polar surface area (TPSA) is 0 Å². The van der Waals surface area contributed by atoms with Gasteiger partial charge in [0.15, 0.2) is 0 Å². The Morgan fingerprint density at radius 3 is 0.304 bits per heavy atom. The minimum absolute atomic E-state index is 1.22. The Morgan fingerprint density at radius 2 is 0.188 bits per heavy atom. The van der Waals surface area contributed by atoms with E-state index in [1.165, 1.54) is 303 Å². The number of benzene rings is 28. The fraction of sp³-hybridized carbons (Fsp3) is 0. The predicted molar refractivity (Wildman–Crippen MR) is 487 cm³/mol. The van der Waals surface area contributed by atoms with Gasteiger partial charge in [0.2, 0.25) is 0 Å². The fourth-order valence-corrected chi connectivity index (χ4v) is 22.6. The molecule has 0 heteroatoms. The minimum atomic E-state index is 1.22. The molecule has 0 radical (unpaired) electrons. The molecule has 28 aromatic rings. The second-order valence-electron chi connectivity index (χ2n) is 32.7. The molecule has 0 heterocycles. The third-order valence-electron chi connectivity index (χ3n) is 27.5. The molecule has 0 aromatic heterocycles. The largest absolute Gasteiger partial charge is 0.0610 e. The Hall–Kier alpha value is -14.6. The van der Waals surface area contributed by atoms with E-state index < -0.39 is 0 Å². The summed E-state index contributed by atoms with van der Waals surface area (Å²) in [6.45, 7) is 0. The highest BCUT2D eigenvalue weighted by atomic mass is 14.3. The van der Waals surface area contributed by atoms with Crippen molar-refractivity contribution in [2.45, 2.75) is 0 Å². The van der Waals surface area contributed by atoms with Crippen molar-refractivity contribution in [3.8, 4) is 44.5 Å². The molecule has 27 aliphatic rings. The molecule has 0 nitrogen and oxygen atoms in total. The van der Waals surface area contributed by atoms with Gasteiger partial charge in [0.05, 0.1) is 0 Å². The van der Waals surface area contributed by atoms with Gasteiger partial charge in [0.25, 0.3) is 0 Å². The van der Waals surface area contributed by atoms with Crippen molar-refractivity contribution in [3.05, 3.63) is 340 Å². The second-order valence-corrected chi connectivity index (χ2v) is 32.7. The zero-order chi connectivity index (χ0) is 71.9. The molecule has 112 heavy (non-hydrogen) atoms. The maximum atomic E-state index is 2.48. The maximum Gasteiger partial charge on any atom is -0.00199 e. The van der Waals surface area contributed by atoms with Crippen LogP contribution in [0, 0.1) is 0 Å². The van der Waals surface area contributed by atoms with Gasteiger partial charge < -0.3 is 0 Å². The molecule has 0 aliphatic heterocycles. The average Bonchev–Trinajstić information content (AvgIpc) is 0.716. The quantitative estimate of drug-likeness (QED) is 0.105. The van der Waals surface area contributed by atoms with Crippen LogP contribution >= 0.6 is 0 Å². The molecule has 0 saturated carbocycles. The molecule has 55 rings (SSSR count). The zero-order valence-corrected chi connectivity index (χ0v) is 60.3. The zero-order valence-electron chi connectivity index (χ0n) is 60.3. The SMILES string of the molecule is c1cc2c3cc4ccc3cc3c5cccc6c7cc(ccc7cc(c(c1)c23)c65)-c1ccc2cc3c5cccc6c7cc(ccc7cc(c7cccc(c2c1)c73)c65)-c1ccc2cc3c5cccc6c7cc(ccc7cc(c7cccc(c2c1)c73)c65)-c1ccc2cc3c5cccc6c7cc-4ccc7cc(c4cccc(c2c1)c43)c65. The Kier molecular flexibility index (Phi) is 10.3. The molecular weight excluding hydrogens is 1350 g/mol. The lowest BCUT2D eigenvalue weighted by atomic mass is 9.84. The van der Waals surface area contributed by atoms with Crippen molar-refractivity contribution in [1.29, 1.82) is 0 Å². The van der Waals surface area contributed by atoms with Crippen LogP contribution in [0.15, 0.2) is 340 Å². The van der Waals surface area contributed by atoms with E-state index in [1.54, 1.807) is 0 Å². The lowest BCUT2D eigenvalue weighted by Crippen LogP contribution is -1.91. The smallest absolute Gasteiger partial charge is 0.00199 e. The van der Waals surface area contributed by atoms with E-state index in [0.717, 1.165) is 0 Å². The van der Waals surface area contributed by atoms with Gasteiger partial charge in [0, 0.05) is 0 Å². The number of hydrogen-bond donors (Lipinski definition) is 0. The Labute approximate surface area is 638 Å². The van der Waals surface area contributed by atoms with E-state index in [9.17, 15) is 0 Å². The molecule has 56 bridgehead atoms. The van der Waals surface area contributed by atoms with Crippen LogP contribution in [-0.2, 0) is 0 Å². The van der Waals surface area contributed by atoms with Crippen molar-refractivity contribution in [2.75, 3.05) is 0 Å². The van der Waals surface area contributed by atoms with Crippen LogP contribution in [0.5, 0.6) is 0 Å². The standard InChI is InChI=1S/C112H56/c1-9-73-89-41-57-25-33-65(89)50-98-82-18-2-10-74-90-43-59(26-34-66(90)49-97(106(74)82)81(17-1)105(73)98)60-28-36-68-52-101-86-22-6-14-78-94-47-63(30-38-70(94)54-102(110(78)86)85-21-4-12-76(108(85)101)92(68)44-60)64-32-40-72-56-104-87-23-7-15-79-95-46-62(31-39-71(95)55-103(111(79)87)88-24-8-16-80(112(88)104)96(72)48-64)61-29-37-69-53-100-83-19-3-11-75-91-42-58(57)27-35-67(91)51-99(107(75)83)84-20-5-13-77(109(84)100)93(69)45-61/h1-56H. The lowest BCUT2D eigenvalue weighted by Gasteiger charge is -2.19. The highest BCUT2D eigenvalue weighted by Gasteiger charge is 2.25. The molecule has 0 atom stereocenters. The van der Waals surface area contributed by atoms with Crippen LogP contribution < -0.4 is 0 Å². The van der Waals surface area contributed by atoms with Crippen molar-refractivity contribution >= 4 is 259 Å². The van der Waals surface area contributed by atoms with Crippen molar-refractivity contribution in [1.82, 2.24) is 0 Å². The molecule has 0 fully saturated rings. The summed E-state index contributed by atoms with van der Waals surface area (Å²) in [6, 6.07) is 134. The first-order chi connectivity index (χ1) is 55.5. The molecule has 0 amide bonds. The summed E-state index contributed by atoms with van der Waals surface area (Å²) in [5.41, 5.74) is 9.76. The Morgan fingerprint density at radius 1 is 0.0804 bits per heavy atom. The molecule has 504 valence electrons. The first-order valence-electron chi connectivity index (χ1n) is 39.5. The van der Waals surface area contributed by atoms with Gasteiger partial charge in [-0.2, -0.15) is 0 Å². The summed E-state index contributed by atoms with van der Waals surface area (Å²) in [5.74, 6) is 0. The maximum absolute atomic E-state index is 2.48. The molecule has 0 saturated heterocycles. The molecule has 0 spiro atoms. The summed E-state index contributed by atoms with van der Waals surface area (Å²) >= 11 is 0. The van der Waals surface area contributed by atoms with Gasteiger partial charge in [-0.25, -0.2) is 0 Å². The van der Waals surface area contributed by atoms with Gasteiger partial charge in [-0.3, -0.25) is 0 Å². The van der Waals surface area contributed by atoms with Gasteiger partial charge in [-0.1, -0.05) is 243 Å². The van der Waals surface area contributed by atoms with Crippen LogP contribution in [-0.4, -0.2) is 0 Å². The molecule has 27 aliphatic carbocycles. The molecule has 28 aromatic carbocycles.